The fourth-order valence-electron chi connectivity index (χ4n) is 1.66. The van der Waals surface area contributed by atoms with Crippen LogP contribution in [0.3, 0.4) is 0 Å². The van der Waals surface area contributed by atoms with Crippen molar-refractivity contribution in [2.45, 2.75) is 0 Å². The lowest BCUT2D eigenvalue weighted by atomic mass is 10.1. The number of rotatable bonds is 2. The van der Waals surface area contributed by atoms with Crippen LogP contribution in [-0.4, -0.2) is 15.0 Å². The second-order valence-electron chi connectivity index (χ2n) is 3.73. The van der Waals surface area contributed by atoms with Crippen LogP contribution < -0.4 is 5.73 Å². The maximum atomic E-state index is 5.84. The fourth-order valence-corrected chi connectivity index (χ4v) is 2.21. The van der Waals surface area contributed by atoms with Crippen LogP contribution in [0.1, 0.15) is 0 Å². The minimum atomic E-state index is 0.465. The van der Waals surface area contributed by atoms with Crippen LogP contribution in [0.15, 0.2) is 48.1 Å². The second-order valence-corrected chi connectivity index (χ2v) is 4.62. The molecule has 4 nitrogen and oxygen atoms in total. The molecule has 3 aromatic rings. The lowest BCUT2D eigenvalue weighted by Crippen LogP contribution is -1.97. The number of nitrogen functional groups attached to an aromatic ring is 1. The summed E-state index contributed by atoms with van der Waals surface area (Å²) in [6.07, 6.45) is 1.74. The van der Waals surface area contributed by atoms with Crippen molar-refractivity contribution in [2.75, 3.05) is 5.73 Å². The van der Waals surface area contributed by atoms with E-state index in [9.17, 15) is 0 Å². The van der Waals surface area contributed by atoms with Gasteiger partial charge in [0, 0.05) is 17.8 Å². The molecular formula is C13H10N4S. The largest absolute Gasteiger partial charge is 0.384 e. The van der Waals surface area contributed by atoms with E-state index in [0.29, 0.717) is 11.6 Å². The van der Waals surface area contributed by atoms with E-state index < -0.39 is 0 Å². The van der Waals surface area contributed by atoms with Crippen molar-refractivity contribution in [3.8, 4) is 22.0 Å². The van der Waals surface area contributed by atoms with Gasteiger partial charge in [-0.25, -0.2) is 9.97 Å². The molecule has 0 spiro atoms. The molecule has 1 aromatic carbocycles. The Morgan fingerprint density at radius 1 is 1.06 bits per heavy atom. The number of thiazole rings is 1. The zero-order chi connectivity index (χ0) is 12.4. The summed E-state index contributed by atoms with van der Waals surface area (Å²) in [5, 5.41) is 0. The minimum Gasteiger partial charge on any atom is -0.384 e. The summed E-state index contributed by atoms with van der Waals surface area (Å²) in [6, 6.07) is 11.7. The monoisotopic (exact) mass is 254 g/mol. The van der Waals surface area contributed by atoms with Gasteiger partial charge in [-0.1, -0.05) is 30.3 Å². The lowest BCUT2D eigenvalue weighted by molar-refractivity contribution is 1.19. The highest BCUT2D eigenvalue weighted by Gasteiger charge is 2.08. The summed E-state index contributed by atoms with van der Waals surface area (Å²) in [7, 11) is 0. The maximum absolute atomic E-state index is 5.84. The normalized spacial score (nSPS) is 10.4. The molecule has 0 radical (unpaired) electrons. The fraction of sp³-hybridized carbons (Fsp3) is 0. The van der Waals surface area contributed by atoms with Gasteiger partial charge in [0.1, 0.15) is 5.82 Å². The van der Waals surface area contributed by atoms with Gasteiger partial charge in [-0.15, -0.1) is 11.3 Å². The van der Waals surface area contributed by atoms with E-state index in [1.165, 1.54) is 11.3 Å². The van der Waals surface area contributed by atoms with Gasteiger partial charge in [0.25, 0.3) is 0 Å². The van der Waals surface area contributed by atoms with E-state index in [2.05, 4.69) is 15.0 Å². The van der Waals surface area contributed by atoms with Crippen LogP contribution in [-0.2, 0) is 0 Å². The van der Waals surface area contributed by atoms with E-state index in [4.69, 9.17) is 5.73 Å². The van der Waals surface area contributed by atoms with Crippen LogP contribution in [0.4, 0.5) is 5.82 Å². The van der Waals surface area contributed by atoms with Gasteiger partial charge in [-0.05, 0) is 0 Å². The topological polar surface area (TPSA) is 64.7 Å². The molecule has 0 aliphatic carbocycles. The molecule has 0 bridgehead atoms. The minimum absolute atomic E-state index is 0.465. The molecule has 0 amide bonds. The molecule has 3 rings (SSSR count). The zero-order valence-corrected chi connectivity index (χ0v) is 10.3. The van der Waals surface area contributed by atoms with Crippen LogP contribution >= 0.6 is 11.3 Å². The van der Waals surface area contributed by atoms with E-state index in [1.807, 2.05) is 30.3 Å². The average Bonchev–Trinajstić information content (AvgIpc) is 2.93. The molecule has 2 heterocycles. The quantitative estimate of drug-likeness (QED) is 0.763. The molecular weight excluding hydrogens is 244 g/mol. The first-order valence-electron chi connectivity index (χ1n) is 5.42. The number of anilines is 1. The average molecular weight is 254 g/mol. The molecule has 18 heavy (non-hydrogen) atoms. The molecule has 2 aromatic heterocycles. The first-order valence-corrected chi connectivity index (χ1v) is 6.30. The predicted molar refractivity (Wildman–Crippen MR) is 73.0 cm³/mol. The van der Waals surface area contributed by atoms with Gasteiger partial charge < -0.3 is 5.73 Å². The smallest absolute Gasteiger partial charge is 0.173 e. The number of hydrogen-bond donors (Lipinski definition) is 1. The molecule has 0 aliphatic heterocycles. The number of nitrogens with zero attached hydrogens (tertiary/aromatic N) is 3. The Kier molecular flexibility index (Phi) is 2.74. The lowest BCUT2D eigenvalue weighted by Gasteiger charge is -2.04. The van der Waals surface area contributed by atoms with Gasteiger partial charge >= 0.3 is 0 Å². The highest BCUT2D eigenvalue weighted by atomic mass is 32.1. The van der Waals surface area contributed by atoms with Gasteiger partial charge in [0.15, 0.2) is 5.82 Å². The van der Waals surface area contributed by atoms with Crippen molar-refractivity contribution in [3.05, 3.63) is 48.1 Å². The van der Waals surface area contributed by atoms with Gasteiger partial charge in [-0.2, -0.15) is 0 Å². The zero-order valence-electron chi connectivity index (χ0n) is 9.45. The summed E-state index contributed by atoms with van der Waals surface area (Å²) in [4.78, 5) is 13.7. The number of benzene rings is 1. The van der Waals surface area contributed by atoms with Gasteiger partial charge in [0.2, 0.25) is 0 Å². The third-order valence-corrected chi connectivity index (χ3v) is 3.24. The Morgan fingerprint density at radius 3 is 2.61 bits per heavy atom. The van der Waals surface area contributed by atoms with Gasteiger partial charge in [-0.3, -0.25) is 4.98 Å². The molecule has 0 saturated carbocycles. The van der Waals surface area contributed by atoms with E-state index >= 15 is 0 Å². The van der Waals surface area contributed by atoms with E-state index in [-0.39, 0.29) is 0 Å². The van der Waals surface area contributed by atoms with Crippen molar-refractivity contribution >= 4 is 17.2 Å². The summed E-state index contributed by atoms with van der Waals surface area (Å²) >= 11 is 1.50. The van der Waals surface area contributed by atoms with Crippen molar-refractivity contribution in [1.82, 2.24) is 15.0 Å². The molecule has 5 heteroatoms. The SMILES string of the molecule is Nc1cc(-c2ccccc2)nc(-c2cncs2)n1. The van der Waals surface area contributed by atoms with Crippen LogP contribution in [0.25, 0.3) is 22.0 Å². The molecule has 0 atom stereocenters. The molecule has 2 N–H and O–H groups in total. The molecule has 0 aliphatic rings. The third-order valence-electron chi connectivity index (χ3n) is 2.47. The van der Waals surface area contributed by atoms with Crippen LogP contribution in [0.5, 0.6) is 0 Å². The van der Waals surface area contributed by atoms with E-state index in [0.717, 1.165) is 16.1 Å². The number of aromatic nitrogens is 3. The molecule has 0 unspecified atom stereocenters. The Bertz CT molecular complexity index is 650. The van der Waals surface area contributed by atoms with Crippen molar-refractivity contribution < 1.29 is 0 Å². The Labute approximate surface area is 108 Å². The number of hydrogen-bond acceptors (Lipinski definition) is 5. The predicted octanol–water partition coefficient (Wildman–Crippen LogP) is 2.85. The first-order chi connectivity index (χ1) is 8.83. The summed E-state index contributed by atoms with van der Waals surface area (Å²) in [5.74, 6) is 1.09. The molecule has 0 fully saturated rings. The number of nitrogens with two attached hydrogens (primary N) is 1. The van der Waals surface area contributed by atoms with E-state index in [1.54, 1.807) is 17.8 Å². The summed E-state index contributed by atoms with van der Waals surface area (Å²) < 4.78 is 0. The Balaban J connectivity index is 2.12. The van der Waals surface area contributed by atoms with Crippen molar-refractivity contribution in [1.29, 1.82) is 0 Å². The first kappa shape index (κ1) is 10.9. The van der Waals surface area contributed by atoms with Crippen molar-refractivity contribution in [2.24, 2.45) is 0 Å². The van der Waals surface area contributed by atoms with Crippen LogP contribution in [0.2, 0.25) is 0 Å². The van der Waals surface area contributed by atoms with Crippen molar-refractivity contribution in [3.63, 3.8) is 0 Å². The summed E-state index contributed by atoms with van der Waals surface area (Å²) in [6.45, 7) is 0. The second kappa shape index (κ2) is 4.54. The molecule has 88 valence electrons. The Morgan fingerprint density at radius 2 is 1.89 bits per heavy atom. The summed E-state index contributed by atoms with van der Waals surface area (Å²) in [5.41, 5.74) is 9.44. The third kappa shape index (κ3) is 2.08. The standard InChI is InChI=1S/C13H10N4S/c14-12-6-10(9-4-2-1-3-5-9)16-13(17-12)11-7-15-8-18-11/h1-8H,(H2,14,16,17). The Hall–Kier alpha value is -2.27. The highest BCUT2D eigenvalue weighted by Crippen LogP contribution is 2.24. The highest BCUT2D eigenvalue weighted by molar-refractivity contribution is 7.13. The molecule has 0 saturated heterocycles. The van der Waals surface area contributed by atoms with Crippen LogP contribution in [0, 0.1) is 0 Å². The maximum Gasteiger partial charge on any atom is 0.173 e. The van der Waals surface area contributed by atoms with Gasteiger partial charge in [0.05, 0.1) is 16.1 Å².